The SMILES string of the molecule is CN=C(NCc1ccnn1C)NCC1CC1. The van der Waals surface area contributed by atoms with Gasteiger partial charge in [-0.05, 0) is 24.8 Å². The van der Waals surface area contributed by atoms with Crippen molar-refractivity contribution in [3.63, 3.8) is 0 Å². The molecule has 1 aliphatic rings. The molecule has 16 heavy (non-hydrogen) atoms. The Bertz CT molecular complexity index is 364. The van der Waals surface area contributed by atoms with Crippen LogP contribution in [0, 0.1) is 5.92 Å². The lowest BCUT2D eigenvalue weighted by molar-refractivity contribution is 0.678. The second-order valence-corrected chi connectivity index (χ2v) is 4.20. The standard InChI is InChI=1S/C11H19N5/c1-12-11(13-7-9-3-4-9)14-8-10-5-6-15-16(10)2/h5-6,9H,3-4,7-8H2,1-2H3,(H2,12,13,14). The molecule has 1 aromatic rings. The Kier molecular flexibility index (Phi) is 3.44. The zero-order chi connectivity index (χ0) is 11.4. The number of nitrogens with one attached hydrogen (secondary N) is 2. The summed E-state index contributed by atoms with van der Waals surface area (Å²) < 4.78 is 1.86. The van der Waals surface area contributed by atoms with Crippen molar-refractivity contribution in [1.82, 2.24) is 20.4 Å². The van der Waals surface area contributed by atoms with E-state index in [1.54, 1.807) is 13.2 Å². The summed E-state index contributed by atoms with van der Waals surface area (Å²) in [7, 11) is 3.74. The van der Waals surface area contributed by atoms with Crippen LogP contribution in [-0.4, -0.2) is 29.3 Å². The first-order valence-corrected chi connectivity index (χ1v) is 5.71. The fraction of sp³-hybridized carbons (Fsp3) is 0.636. The second-order valence-electron chi connectivity index (χ2n) is 4.20. The Hall–Kier alpha value is -1.52. The molecule has 0 saturated heterocycles. The van der Waals surface area contributed by atoms with E-state index in [9.17, 15) is 0 Å². The Morgan fingerprint density at radius 3 is 2.94 bits per heavy atom. The van der Waals surface area contributed by atoms with Gasteiger partial charge in [0.25, 0.3) is 0 Å². The van der Waals surface area contributed by atoms with Crippen molar-refractivity contribution in [2.24, 2.45) is 18.0 Å². The summed E-state index contributed by atoms with van der Waals surface area (Å²) in [5.41, 5.74) is 1.15. The molecule has 1 heterocycles. The number of aliphatic imine (C=N–C) groups is 1. The number of rotatable bonds is 4. The molecule has 5 heteroatoms. The van der Waals surface area contributed by atoms with Crippen LogP contribution >= 0.6 is 0 Å². The third kappa shape index (κ3) is 2.98. The highest BCUT2D eigenvalue weighted by Crippen LogP contribution is 2.27. The van der Waals surface area contributed by atoms with Gasteiger partial charge in [0.2, 0.25) is 0 Å². The zero-order valence-corrected chi connectivity index (χ0v) is 9.90. The van der Waals surface area contributed by atoms with Gasteiger partial charge in [-0.2, -0.15) is 5.10 Å². The first kappa shape index (κ1) is 11.0. The number of hydrogen-bond donors (Lipinski definition) is 2. The van der Waals surface area contributed by atoms with Gasteiger partial charge in [0, 0.05) is 26.8 Å². The van der Waals surface area contributed by atoms with Crippen molar-refractivity contribution < 1.29 is 0 Å². The van der Waals surface area contributed by atoms with E-state index in [0.717, 1.165) is 30.7 Å². The van der Waals surface area contributed by atoms with Crippen molar-refractivity contribution >= 4 is 5.96 Å². The molecule has 0 aromatic carbocycles. The number of guanidine groups is 1. The summed E-state index contributed by atoms with van der Waals surface area (Å²) in [6.45, 7) is 1.78. The van der Waals surface area contributed by atoms with Gasteiger partial charge in [-0.1, -0.05) is 0 Å². The Morgan fingerprint density at radius 2 is 2.38 bits per heavy atom. The van der Waals surface area contributed by atoms with E-state index in [-0.39, 0.29) is 0 Å². The van der Waals surface area contributed by atoms with Gasteiger partial charge in [0.1, 0.15) is 0 Å². The summed E-state index contributed by atoms with van der Waals surface area (Å²) in [6, 6.07) is 2.00. The molecule has 1 aliphatic carbocycles. The summed E-state index contributed by atoms with van der Waals surface area (Å²) >= 11 is 0. The Morgan fingerprint density at radius 1 is 1.56 bits per heavy atom. The number of aromatic nitrogens is 2. The molecule has 1 fully saturated rings. The van der Waals surface area contributed by atoms with E-state index in [2.05, 4.69) is 20.7 Å². The van der Waals surface area contributed by atoms with Crippen LogP contribution < -0.4 is 10.6 Å². The van der Waals surface area contributed by atoms with E-state index in [1.165, 1.54) is 12.8 Å². The van der Waals surface area contributed by atoms with Gasteiger partial charge in [0.15, 0.2) is 5.96 Å². The molecule has 2 N–H and O–H groups in total. The molecule has 0 atom stereocenters. The molecule has 0 aliphatic heterocycles. The Labute approximate surface area is 95.9 Å². The Balaban J connectivity index is 1.76. The fourth-order valence-corrected chi connectivity index (χ4v) is 1.53. The van der Waals surface area contributed by atoms with Gasteiger partial charge in [-0.25, -0.2) is 0 Å². The highest BCUT2D eigenvalue weighted by atomic mass is 15.3. The summed E-state index contributed by atoms with van der Waals surface area (Å²) in [5.74, 6) is 1.73. The molecule has 0 radical (unpaired) electrons. The first-order chi connectivity index (χ1) is 7.79. The van der Waals surface area contributed by atoms with Gasteiger partial charge in [0.05, 0.1) is 12.2 Å². The molecule has 0 amide bonds. The van der Waals surface area contributed by atoms with Crippen molar-refractivity contribution in [2.75, 3.05) is 13.6 Å². The van der Waals surface area contributed by atoms with Gasteiger partial charge < -0.3 is 10.6 Å². The lowest BCUT2D eigenvalue weighted by Gasteiger charge is -2.11. The van der Waals surface area contributed by atoms with Crippen LogP contribution in [0.15, 0.2) is 17.3 Å². The van der Waals surface area contributed by atoms with Crippen molar-refractivity contribution in [2.45, 2.75) is 19.4 Å². The minimum absolute atomic E-state index is 0.751. The van der Waals surface area contributed by atoms with E-state index < -0.39 is 0 Å². The smallest absolute Gasteiger partial charge is 0.191 e. The number of hydrogen-bond acceptors (Lipinski definition) is 2. The maximum absolute atomic E-state index is 4.18. The molecule has 0 unspecified atom stereocenters. The van der Waals surface area contributed by atoms with Crippen molar-refractivity contribution in [1.29, 1.82) is 0 Å². The van der Waals surface area contributed by atoms with Gasteiger partial charge in [-0.3, -0.25) is 9.67 Å². The molecule has 1 saturated carbocycles. The van der Waals surface area contributed by atoms with Crippen LogP contribution in [0.25, 0.3) is 0 Å². The first-order valence-electron chi connectivity index (χ1n) is 5.71. The number of nitrogens with zero attached hydrogens (tertiary/aromatic N) is 3. The highest BCUT2D eigenvalue weighted by Gasteiger charge is 2.20. The predicted octanol–water partition coefficient (Wildman–Crippen LogP) is 0.495. The van der Waals surface area contributed by atoms with E-state index in [1.807, 2.05) is 17.8 Å². The van der Waals surface area contributed by atoms with E-state index >= 15 is 0 Å². The molecule has 5 nitrogen and oxygen atoms in total. The third-order valence-electron chi connectivity index (χ3n) is 2.84. The topological polar surface area (TPSA) is 54.2 Å². The average Bonchev–Trinajstić information content (AvgIpc) is 3.03. The van der Waals surface area contributed by atoms with Gasteiger partial charge >= 0.3 is 0 Å². The summed E-state index contributed by atoms with van der Waals surface area (Å²) in [4.78, 5) is 4.18. The third-order valence-corrected chi connectivity index (χ3v) is 2.84. The maximum Gasteiger partial charge on any atom is 0.191 e. The molecule has 88 valence electrons. The van der Waals surface area contributed by atoms with Crippen LogP contribution in [0.4, 0.5) is 0 Å². The lowest BCUT2D eigenvalue weighted by Crippen LogP contribution is -2.38. The minimum atomic E-state index is 0.751. The van der Waals surface area contributed by atoms with Crippen LogP contribution in [0.1, 0.15) is 18.5 Å². The summed E-state index contributed by atoms with van der Waals surface area (Å²) in [5, 5.41) is 10.7. The molecule has 1 aromatic heterocycles. The van der Waals surface area contributed by atoms with Crippen LogP contribution in [0.2, 0.25) is 0 Å². The monoisotopic (exact) mass is 221 g/mol. The van der Waals surface area contributed by atoms with Crippen molar-refractivity contribution in [3.8, 4) is 0 Å². The molecule has 2 rings (SSSR count). The average molecular weight is 221 g/mol. The largest absolute Gasteiger partial charge is 0.356 e. The van der Waals surface area contributed by atoms with Crippen LogP contribution in [-0.2, 0) is 13.6 Å². The van der Waals surface area contributed by atoms with E-state index in [0.29, 0.717) is 0 Å². The lowest BCUT2D eigenvalue weighted by atomic mass is 10.4. The zero-order valence-electron chi connectivity index (χ0n) is 9.90. The van der Waals surface area contributed by atoms with Gasteiger partial charge in [-0.15, -0.1) is 0 Å². The maximum atomic E-state index is 4.18. The van der Waals surface area contributed by atoms with Crippen LogP contribution in [0.5, 0.6) is 0 Å². The molecular formula is C11H19N5. The summed E-state index contributed by atoms with van der Waals surface area (Å²) in [6.07, 6.45) is 4.51. The highest BCUT2D eigenvalue weighted by molar-refractivity contribution is 5.79. The van der Waals surface area contributed by atoms with Crippen molar-refractivity contribution in [3.05, 3.63) is 18.0 Å². The number of aryl methyl sites for hydroxylation is 1. The van der Waals surface area contributed by atoms with E-state index in [4.69, 9.17) is 0 Å². The minimum Gasteiger partial charge on any atom is -0.356 e. The normalized spacial score (nSPS) is 16.2. The molecule has 0 spiro atoms. The molecular weight excluding hydrogens is 202 g/mol. The quantitative estimate of drug-likeness (QED) is 0.575. The second kappa shape index (κ2) is 5.01. The molecule has 0 bridgehead atoms. The fourth-order valence-electron chi connectivity index (χ4n) is 1.53. The predicted molar refractivity (Wildman–Crippen MR) is 64.1 cm³/mol. The van der Waals surface area contributed by atoms with Crippen LogP contribution in [0.3, 0.4) is 0 Å².